The molecular weight excluding hydrogens is 334 g/mol. The number of ether oxygens (including phenoxy) is 1. The standard InChI is InChI=1S/C20H27NO3S/c1-6-24-18-13-12-17(20(3,4)5)14-19(18)25(22,23)21-15(2)16-10-8-7-9-11-16/h7-15,21H,6H2,1-5H3/t15-/m1/s1. The van der Waals surface area contributed by atoms with E-state index in [1.54, 1.807) is 12.1 Å². The Bertz CT molecular complexity index is 809. The van der Waals surface area contributed by atoms with Gasteiger partial charge in [-0.25, -0.2) is 13.1 Å². The molecule has 136 valence electrons. The summed E-state index contributed by atoms with van der Waals surface area (Å²) in [6.45, 7) is 10.2. The first kappa shape index (κ1) is 19.5. The molecule has 0 radical (unpaired) electrons. The maximum atomic E-state index is 13.0. The Kier molecular flexibility index (Phi) is 5.91. The van der Waals surface area contributed by atoms with Crippen LogP contribution in [0.25, 0.3) is 0 Å². The van der Waals surface area contributed by atoms with Crippen molar-refractivity contribution in [3.63, 3.8) is 0 Å². The lowest BCUT2D eigenvalue weighted by molar-refractivity contribution is 0.330. The number of hydrogen-bond donors (Lipinski definition) is 1. The van der Waals surface area contributed by atoms with E-state index in [1.165, 1.54) is 0 Å². The van der Waals surface area contributed by atoms with E-state index in [4.69, 9.17) is 4.74 Å². The van der Waals surface area contributed by atoms with Gasteiger partial charge in [-0.05, 0) is 42.5 Å². The smallest absolute Gasteiger partial charge is 0.244 e. The first-order valence-corrected chi connectivity index (χ1v) is 9.98. The van der Waals surface area contributed by atoms with Crippen LogP contribution >= 0.6 is 0 Å². The molecule has 5 heteroatoms. The number of rotatable bonds is 6. The van der Waals surface area contributed by atoms with E-state index in [1.807, 2.05) is 50.2 Å². The third kappa shape index (κ3) is 4.83. The molecule has 0 unspecified atom stereocenters. The third-order valence-corrected chi connectivity index (χ3v) is 5.59. The van der Waals surface area contributed by atoms with Crippen LogP contribution in [0.1, 0.15) is 51.8 Å². The van der Waals surface area contributed by atoms with Crippen LogP contribution in [0.15, 0.2) is 53.4 Å². The molecule has 0 aromatic heterocycles. The van der Waals surface area contributed by atoms with Crippen molar-refractivity contribution in [1.82, 2.24) is 4.72 Å². The molecule has 4 nitrogen and oxygen atoms in total. The average Bonchev–Trinajstić information content (AvgIpc) is 2.54. The summed E-state index contributed by atoms with van der Waals surface area (Å²) < 4.78 is 34.3. The molecule has 0 heterocycles. The average molecular weight is 362 g/mol. The summed E-state index contributed by atoms with van der Waals surface area (Å²) in [4.78, 5) is 0.185. The minimum Gasteiger partial charge on any atom is -0.492 e. The minimum absolute atomic E-state index is 0.153. The Morgan fingerprint density at radius 3 is 2.28 bits per heavy atom. The molecule has 1 N–H and O–H groups in total. The minimum atomic E-state index is -3.72. The van der Waals surface area contributed by atoms with Gasteiger partial charge in [-0.2, -0.15) is 0 Å². The fraction of sp³-hybridized carbons (Fsp3) is 0.400. The van der Waals surface area contributed by atoms with Gasteiger partial charge in [0.05, 0.1) is 6.61 Å². The zero-order valence-corrected chi connectivity index (χ0v) is 16.4. The van der Waals surface area contributed by atoms with Crippen LogP contribution < -0.4 is 9.46 Å². The van der Waals surface area contributed by atoms with Crippen LogP contribution in [0.2, 0.25) is 0 Å². The van der Waals surface area contributed by atoms with Crippen molar-refractivity contribution < 1.29 is 13.2 Å². The van der Waals surface area contributed by atoms with Crippen LogP contribution in [0, 0.1) is 0 Å². The van der Waals surface area contributed by atoms with Gasteiger partial charge in [0.2, 0.25) is 10.0 Å². The van der Waals surface area contributed by atoms with Gasteiger partial charge >= 0.3 is 0 Å². The summed E-state index contributed by atoms with van der Waals surface area (Å²) in [5.41, 5.74) is 1.71. The normalized spacial score (nSPS) is 13.5. The van der Waals surface area contributed by atoms with E-state index in [-0.39, 0.29) is 16.4 Å². The van der Waals surface area contributed by atoms with E-state index >= 15 is 0 Å². The summed E-state index contributed by atoms with van der Waals surface area (Å²) in [5.74, 6) is 0.378. The van der Waals surface area contributed by atoms with Gasteiger partial charge in [-0.3, -0.25) is 0 Å². The molecule has 0 aliphatic rings. The van der Waals surface area contributed by atoms with Crippen LogP contribution in [-0.4, -0.2) is 15.0 Å². The highest BCUT2D eigenvalue weighted by molar-refractivity contribution is 7.89. The van der Waals surface area contributed by atoms with Crippen molar-refractivity contribution in [1.29, 1.82) is 0 Å². The largest absolute Gasteiger partial charge is 0.492 e. The molecule has 2 aromatic carbocycles. The Balaban J connectivity index is 2.42. The Labute approximate surface area is 151 Å². The first-order chi connectivity index (χ1) is 11.6. The van der Waals surface area contributed by atoms with Crippen LogP contribution in [0.5, 0.6) is 5.75 Å². The van der Waals surface area contributed by atoms with Gasteiger partial charge in [0, 0.05) is 6.04 Å². The van der Waals surface area contributed by atoms with Crippen LogP contribution in [-0.2, 0) is 15.4 Å². The molecule has 2 aromatic rings. The fourth-order valence-electron chi connectivity index (χ4n) is 2.57. The predicted octanol–water partition coefficient (Wildman–Crippen LogP) is 4.42. The molecule has 0 spiro atoms. The number of sulfonamides is 1. The summed E-state index contributed by atoms with van der Waals surface area (Å²) in [6, 6.07) is 14.5. The monoisotopic (exact) mass is 361 g/mol. The Hall–Kier alpha value is -1.85. The summed E-state index contributed by atoms with van der Waals surface area (Å²) in [5, 5.41) is 0. The van der Waals surface area contributed by atoms with Crippen molar-refractivity contribution >= 4 is 10.0 Å². The quantitative estimate of drug-likeness (QED) is 0.828. The predicted molar refractivity (Wildman–Crippen MR) is 101 cm³/mol. The zero-order chi connectivity index (χ0) is 18.7. The van der Waals surface area contributed by atoms with Gasteiger partial charge in [-0.1, -0.05) is 57.2 Å². The Morgan fingerprint density at radius 2 is 1.72 bits per heavy atom. The highest BCUT2D eigenvalue weighted by atomic mass is 32.2. The molecule has 0 saturated carbocycles. The summed E-state index contributed by atoms with van der Waals surface area (Å²) >= 11 is 0. The van der Waals surface area contributed by atoms with E-state index in [0.717, 1.165) is 11.1 Å². The number of nitrogens with one attached hydrogen (secondary N) is 1. The second-order valence-corrected chi connectivity index (χ2v) is 8.78. The molecule has 0 amide bonds. The van der Waals surface area contributed by atoms with Gasteiger partial charge < -0.3 is 4.74 Å². The SMILES string of the molecule is CCOc1ccc(C(C)(C)C)cc1S(=O)(=O)N[C@H](C)c1ccccc1. The fourth-order valence-corrected chi connectivity index (χ4v) is 3.97. The molecule has 2 rings (SSSR count). The topological polar surface area (TPSA) is 55.4 Å². The molecule has 0 aliphatic heterocycles. The second kappa shape index (κ2) is 7.58. The molecule has 0 bridgehead atoms. The van der Waals surface area contributed by atoms with Crippen LogP contribution in [0.4, 0.5) is 0 Å². The van der Waals surface area contributed by atoms with Crippen molar-refractivity contribution in [3.8, 4) is 5.75 Å². The summed E-state index contributed by atoms with van der Waals surface area (Å²) in [7, 11) is -3.72. The first-order valence-electron chi connectivity index (χ1n) is 8.49. The van der Waals surface area contributed by atoms with Gasteiger partial charge in [0.15, 0.2) is 0 Å². The second-order valence-electron chi connectivity index (χ2n) is 7.10. The molecule has 25 heavy (non-hydrogen) atoms. The lowest BCUT2D eigenvalue weighted by Crippen LogP contribution is -2.28. The number of benzene rings is 2. The van der Waals surface area contributed by atoms with E-state index in [9.17, 15) is 8.42 Å². The third-order valence-electron chi connectivity index (χ3n) is 4.03. The maximum Gasteiger partial charge on any atom is 0.244 e. The summed E-state index contributed by atoms with van der Waals surface area (Å²) in [6.07, 6.45) is 0. The van der Waals surface area contributed by atoms with E-state index in [2.05, 4.69) is 25.5 Å². The highest BCUT2D eigenvalue weighted by Gasteiger charge is 2.25. The zero-order valence-electron chi connectivity index (χ0n) is 15.5. The van der Waals surface area contributed by atoms with Crippen LogP contribution in [0.3, 0.4) is 0 Å². The van der Waals surface area contributed by atoms with Crippen molar-refractivity contribution in [2.45, 2.75) is 51.0 Å². The molecular formula is C20H27NO3S. The van der Waals surface area contributed by atoms with Gasteiger partial charge in [0.1, 0.15) is 10.6 Å². The Morgan fingerprint density at radius 1 is 1.08 bits per heavy atom. The lowest BCUT2D eigenvalue weighted by atomic mass is 9.87. The lowest BCUT2D eigenvalue weighted by Gasteiger charge is -2.22. The van der Waals surface area contributed by atoms with E-state index < -0.39 is 10.0 Å². The molecule has 0 saturated heterocycles. The van der Waals surface area contributed by atoms with Crippen molar-refractivity contribution in [2.24, 2.45) is 0 Å². The van der Waals surface area contributed by atoms with Crippen molar-refractivity contribution in [3.05, 3.63) is 59.7 Å². The van der Waals surface area contributed by atoms with Gasteiger partial charge in [0.25, 0.3) is 0 Å². The molecule has 0 fully saturated rings. The van der Waals surface area contributed by atoms with E-state index in [0.29, 0.717) is 12.4 Å². The van der Waals surface area contributed by atoms with Gasteiger partial charge in [-0.15, -0.1) is 0 Å². The maximum absolute atomic E-state index is 13.0. The van der Waals surface area contributed by atoms with Crippen molar-refractivity contribution in [2.75, 3.05) is 6.61 Å². The molecule has 0 aliphatic carbocycles. The number of hydrogen-bond acceptors (Lipinski definition) is 3. The highest BCUT2D eigenvalue weighted by Crippen LogP contribution is 2.31. The molecule has 1 atom stereocenters.